The highest BCUT2D eigenvalue weighted by Crippen LogP contribution is 2.30. The summed E-state index contributed by atoms with van der Waals surface area (Å²) in [6.07, 6.45) is 2.63. The van der Waals surface area contributed by atoms with E-state index in [-0.39, 0.29) is 16.9 Å². The lowest BCUT2D eigenvalue weighted by Crippen LogP contribution is -2.13. The van der Waals surface area contributed by atoms with Crippen molar-refractivity contribution in [2.75, 3.05) is 5.32 Å². The predicted molar refractivity (Wildman–Crippen MR) is 110 cm³/mol. The van der Waals surface area contributed by atoms with Gasteiger partial charge in [-0.2, -0.15) is 5.10 Å². The number of hydrogen-bond acceptors (Lipinski definition) is 6. The van der Waals surface area contributed by atoms with Crippen molar-refractivity contribution in [3.05, 3.63) is 89.0 Å². The topological polar surface area (TPSA) is 116 Å². The summed E-state index contributed by atoms with van der Waals surface area (Å²) in [7, 11) is 0. The molecule has 0 fully saturated rings. The van der Waals surface area contributed by atoms with Crippen molar-refractivity contribution in [2.24, 2.45) is 0 Å². The van der Waals surface area contributed by atoms with Crippen LogP contribution in [-0.2, 0) is 0 Å². The van der Waals surface area contributed by atoms with Gasteiger partial charge < -0.3 is 9.73 Å². The molecule has 2 heterocycles. The van der Waals surface area contributed by atoms with Crippen LogP contribution in [0.15, 0.2) is 77.7 Å². The molecule has 3 aromatic carbocycles. The van der Waals surface area contributed by atoms with Crippen molar-refractivity contribution in [3.63, 3.8) is 0 Å². The fraction of sp³-hybridized carbons (Fsp3) is 0. The second-order valence-corrected chi connectivity index (χ2v) is 6.56. The van der Waals surface area contributed by atoms with E-state index in [9.17, 15) is 14.9 Å². The summed E-state index contributed by atoms with van der Waals surface area (Å²) in [6, 6.07) is 17.2. The number of rotatable bonds is 4. The molecule has 0 aliphatic rings. The lowest BCUT2D eigenvalue weighted by Gasteiger charge is -2.07. The minimum absolute atomic E-state index is 0.148. The standard InChI is InChI=1S/C21H13N5O4/c27-21(13-5-8-17(18(9-13)26(28)29)25-12-22-11-23-25)24-14-6-7-16-15-3-1-2-4-19(15)30-20(16)10-14/h1-12H,(H,24,27). The molecule has 0 radical (unpaired) electrons. The minimum atomic E-state index is -0.561. The first-order chi connectivity index (χ1) is 14.6. The van der Waals surface area contributed by atoms with E-state index in [4.69, 9.17) is 4.42 Å². The summed E-state index contributed by atoms with van der Waals surface area (Å²) >= 11 is 0. The summed E-state index contributed by atoms with van der Waals surface area (Å²) in [5.41, 5.74) is 2.04. The molecular weight excluding hydrogens is 386 g/mol. The SMILES string of the molecule is O=C(Nc1ccc2c(c1)oc1ccccc12)c1ccc(-n2cncn2)c([N+](=O)[O-])c1. The molecule has 146 valence electrons. The van der Waals surface area contributed by atoms with E-state index in [0.29, 0.717) is 11.3 Å². The molecule has 1 amide bonds. The number of nitro groups is 1. The van der Waals surface area contributed by atoms with Gasteiger partial charge in [0.1, 0.15) is 29.5 Å². The van der Waals surface area contributed by atoms with Gasteiger partial charge in [0.15, 0.2) is 0 Å². The Morgan fingerprint density at radius 3 is 2.67 bits per heavy atom. The van der Waals surface area contributed by atoms with Gasteiger partial charge >= 0.3 is 0 Å². The highest BCUT2D eigenvalue weighted by atomic mass is 16.6. The lowest BCUT2D eigenvalue weighted by atomic mass is 10.1. The number of nitrogens with one attached hydrogen (secondary N) is 1. The maximum absolute atomic E-state index is 12.7. The lowest BCUT2D eigenvalue weighted by molar-refractivity contribution is -0.384. The second-order valence-electron chi connectivity index (χ2n) is 6.56. The van der Waals surface area contributed by atoms with Crippen LogP contribution in [0.2, 0.25) is 0 Å². The Kier molecular flexibility index (Phi) is 3.99. The summed E-state index contributed by atoms with van der Waals surface area (Å²) < 4.78 is 7.10. The molecule has 1 N–H and O–H groups in total. The van der Waals surface area contributed by atoms with Crippen LogP contribution in [0.3, 0.4) is 0 Å². The average molecular weight is 399 g/mol. The Bertz CT molecular complexity index is 1420. The van der Waals surface area contributed by atoms with Gasteiger partial charge in [0.2, 0.25) is 0 Å². The molecule has 5 rings (SSSR count). The summed E-state index contributed by atoms with van der Waals surface area (Å²) in [4.78, 5) is 27.4. The van der Waals surface area contributed by atoms with Crippen LogP contribution < -0.4 is 5.32 Å². The van der Waals surface area contributed by atoms with Gasteiger partial charge in [-0.15, -0.1) is 0 Å². The highest BCUT2D eigenvalue weighted by molar-refractivity contribution is 6.08. The van der Waals surface area contributed by atoms with E-state index >= 15 is 0 Å². The molecule has 0 bridgehead atoms. The number of hydrogen-bond donors (Lipinski definition) is 1. The van der Waals surface area contributed by atoms with Crippen molar-refractivity contribution in [1.29, 1.82) is 0 Å². The highest BCUT2D eigenvalue weighted by Gasteiger charge is 2.20. The molecule has 0 atom stereocenters. The number of furan rings is 1. The number of benzene rings is 3. The molecule has 2 aromatic heterocycles. The first-order valence-electron chi connectivity index (χ1n) is 8.96. The summed E-state index contributed by atoms with van der Waals surface area (Å²) in [6.45, 7) is 0. The Balaban J connectivity index is 1.47. The van der Waals surface area contributed by atoms with E-state index in [2.05, 4.69) is 15.4 Å². The van der Waals surface area contributed by atoms with E-state index in [1.807, 2.05) is 30.3 Å². The number of aromatic nitrogens is 3. The number of amides is 1. The van der Waals surface area contributed by atoms with Gasteiger partial charge in [-0.05, 0) is 30.3 Å². The van der Waals surface area contributed by atoms with Crippen LogP contribution in [0.5, 0.6) is 0 Å². The third-order valence-corrected chi connectivity index (χ3v) is 4.74. The molecular formula is C21H13N5O4. The van der Waals surface area contributed by atoms with Crippen LogP contribution in [0, 0.1) is 10.1 Å². The van der Waals surface area contributed by atoms with E-state index in [1.165, 1.54) is 35.5 Å². The fourth-order valence-electron chi connectivity index (χ4n) is 3.34. The molecule has 0 unspecified atom stereocenters. The quantitative estimate of drug-likeness (QED) is 0.355. The van der Waals surface area contributed by atoms with Crippen molar-refractivity contribution in [3.8, 4) is 5.69 Å². The molecule has 0 saturated carbocycles. The van der Waals surface area contributed by atoms with Gasteiger partial charge in [-0.1, -0.05) is 18.2 Å². The first-order valence-corrected chi connectivity index (χ1v) is 8.96. The molecule has 0 saturated heterocycles. The Morgan fingerprint density at radius 1 is 1.03 bits per heavy atom. The second kappa shape index (κ2) is 6.82. The van der Waals surface area contributed by atoms with Crippen LogP contribution in [0.25, 0.3) is 27.6 Å². The van der Waals surface area contributed by atoms with Crippen molar-refractivity contribution in [2.45, 2.75) is 0 Å². The molecule has 0 aliphatic carbocycles. The smallest absolute Gasteiger partial charge is 0.295 e. The van der Waals surface area contributed by atoms with E-state index in [1.54, 1.807) is 12.1 Å². The Labute approximate surface area is 168 Å². The van der Waals surface area contributed by atoms with Crippen LogP contribution in [0.4, 0.5) is 11.4 Å². The first kappa shape index (κ1) is 17.6. The number of fused-ring (bicyclic) bond motifs is 3. The summed E-state index contributed by atoms with van der Waals surface area (Å²) in [5.74, 6) is -0.473. The summed E-state index contributed by atoms with van der Waals surface area (Å²) in [5, 5.41) is 20.1. The van der Waals surface area contributed by atoms with Crippen LogP contribution >= 0.6 is 0 Å². The fourth-order valence-corrected chi connectivity index (χ4v) is 3.34. The molecule has 5 aromatic rings. The number of carbonyl (C=O) groups excluding carboxylic acids is 1. The Morgan fingerprint density at radius 2 is 1.87 bits per heavy atom. The van der Waals surface area contributed by atoms with Crippen LogP contribution in [-0.4, -0.2) is 25.6 Å². The normalized spacial score (nSPS) is 11.1. The zero-order valence-corrected chi connectivity index (χ0v) is 15.4. The van der Waals surface area contributed by atoms with Gasteiger partial charge in [0.25, 0.3) is 11.6 Å². The van der Waals surface area contributed by atoms with E-state index < -0.39 is 10.8 Å². The van der Waals surface area contributed by atoms with Gasteiger partial charge in [-0.25, -0.2) is 9.67 Å². The third-order valence-electron chi connectivity index (χ3n) is 4.74. The zero-order chi connectivity index (χ0) is 20.7. The third kappa shape index (κ3) is 2.94. The number of carbonyl (C=O) groups is 1. The van der Waals surface area contributed by atoms with Crippen molar-refractivity contribution in [1.82, 2.24) is 14.8 Å². The maximum atomic E-state index is 12.7. The molecule has 30 heavy (non-hydrogen) atoms. The van der Waals surface area contributed by atoms with Crippen LogP contribution in [0.1, 0.15) is 10.4 Å². The number of nitro benzene ring substituents is 1. The zero-order valence-electron chi connectivity index (χ0n) is 15.4. The number of nitrogens with zero attached hydrogens (tertiary/aromatic N) is 4. The van der Waals surface area contributed by atoms with Gasteiger partial charge in [-0.3, -0.25) is 14.9 Å². The average Bonchev–Trinajstić information content (AvgIpc) is 3.41. The predicted octanol–water partition coefficient (Wildman–Crippen LogP) is 4.33. The number of para-hydroxylation sites is 1. The minimum Gasteiger partial charge on any atom is -0.456 e. The monoisotopic (exact) mass is 399 g/mol. The molecule has 9 nitrogen and oxygen atoms in total. The van der Waals surface area contributed by atoms with Gasteiger partial charge in [0.05, 0.1) is 4.92 Å². The molecule has 0 aliphatic heterocycles. The number of anilines is 1. The largest absolute Gasteiger partial charge is 0.456 e. The maximum Gasteiger partial charge on any atom is 0.295 e. The van der Waals surface area contributed by atoms with Gasteiger partial charge in [0, 0.05) is 34.2 Å². The molecule has 9 heteroatoms. The van der Waals surface area contributed by atoms with Crippen molar-refractivity contribution < 1.29 is 14.1 Å². The van der Waals surface area contributed by atoms with E-state index in [0.717, 1.165) is 16.4 Å². The molecule has 0 spiro atoms. The Hall–Kier alpha value is -4.53. The van der Waals surface area contributed by atoms with Crippen molar-refractivity contribution >= 4 is 39.2 Å².